The molecule has 109 valence electrons. The van der Waals surface area contributed by atoms with Gasteiger partial charge in [-0.1, -0.05) is 12.1 Å². The predicted molar refractivity (Wildman–Crippen MR) is 81.1 cm³/mol. The summed E-state index contributed by atoms with van der Waals surface area (Å²) in [6.07, 6.45) is 0.516. The molecule has 20 heavy (non-hydrogen) atoms. The fraction of sp³-hybridized carbons (Fsp3) is 0.462. The summed E-state index contributed by atoms with van der Waals surface area (Å²) in [6, 6.07) is 7.36. The number of halogens is 1. The van der Waals surface area contributed by atoms with E-state index >= 15 is 0 Å². The van der Waals surface area contributed by atoms with E-state index in [1.54, 1.807) is 0 Å². The first-order chi connectivity index (χ1) is 9.71. The van der Waals surface area contributed by atoms with Gasteiger partial charge in [0.2, 0.25) is 0 Å². The van der Waals surface area contributed by atoms with Crippen molar-refractivity contribution >= 4 is 30.9 Å². The van der Waals surface area contributed by atoms with Gasteiger partial charge in [0.15, 0.2) is 0 Å². The highest BCUT2D eigenvalue weighted by Crippen LogP contribution is 2.11. The van der Waals surface area contributed by atoms with Gasteiger partial charge in [0.25, 0.3) is 0 Å². The number of ether oxygens (including phenoxy) is 1. The highest BCUT2D eigenvalue weighted by atomic mass is 35.5. The summed E-state index contributed by atoms with van der Waals surface area (Å²) < 4.78 is 9.56. The van der Waals surface area contributed by atoms with Crippen LogP contribution in [-0.4, -0.2) is 46.3 Å². The number of carbonyl (C=O) groups excluding carboxylic acids is 1. The Labute approximate surface area is 125 Å². The van der Waals surface area contributed by atoms with Crippen molar-refractivity contribution in [2.75, 3.05) is 32.0 Å². The Morgan fingerprint density at radius 3 is 2.60 bits per heavy atom. The third-order valence-corrected chi connectivity index (χ3v) is 2.88. The van der Waals surface area contributed by atoms with E-state index in [9.17, 15) is 4.79 Å². The zero-order chi connectivity index (χ0) is 14.8. The Morgan fingerprint density at radius 1 is 1.35 bits per heavy atom. The van der Waals surface area contributed by atoms with Crippen LogP contribution in [0.1, 0.15) is 5.56 Å². The smallest absolute Gasteiger partial charge is 0.396 e. The molecule has 7 heteroatoms. The van der Waals surface area contributed by atoms with E-state index in [0.717, 1.165) is 17.8 Å². The molecule has 0 spiro atoms. The minimum absolute atomic E-state index is 0.331. The molecule has 2 N–H and O–H groups in total. The molecular weight excluding hydrogens is 278 g/mol. The lowest BCUT2D eigenvalue weighted by Gasteiger charge is -2.15. The molecule has 0 aliphatic heterocycles. The third kappa shape index (κ3) is 5.82. The molecule has 0 aromatic heterocycles. The molecule has 1 unspecified atom stereocenters. The second-order valence-electron chi connectivity index (χ2n) is 4.11. The van der Waals surface area contributed by atoms with Crippen LogP contribution in [0.3, 0.4) is 0 Å². The summed E-state index contributed by atoms with van der Waals surface area (Å²) in [5.41, 5.74) is 2.02. The Kier molecular flexibility index (Phi) is 8.10. The SMILES string of the molecule is CO[B]NC(Cc1ccc(NCCCl)cc1)C(=O)OC. The standard InChI is InChI=1S/C13H19BClN2O3/c1-19-13(18)12(17-14-20-2)9-10-3-5-11(6-4-10)16-8-7-15/h3-6,12,16-17H,7-9H2,1-2H3. The Balaban J connectivity index is 2.60. The van der Waals surface area contributed by atoms with Crippen molar-refractivity contribution in [3.63, 3.8) is 0 Å². The predicted octanol–water partition coefficient (Wildman–Crippen LogP) is 1.19. The van der Waals surface area contributed by atoms with E-state index in [1.165, 1.54) is 21.8 Å². The summed E-state index contributed by atoms with van der Waals surface area (Å²) in [7, 11) is 4.25. The first-order valence-electron chi connectivity index (χ1n) is 6.28. The van der Waals surface area contributed by atoms with Crippen molar-refractivity contribution in [1.29, 1.82) is 0 Å². The molecule has 0 amide bonds. The van der Waals surface area contributed by atoms with Gasteiger partial charge in [-0.05, 0) is 24.1 Å². The van der Waals surface area contributed by atoms with Crippen LogP contribution < -0.4 is 10.5 Å². The van der Waals surface area contributed by atoms with E-state index in [4.69, 9.17) is 21.0 Å². The van der Waals surface area contributed by atoms with E-state index in [2.05, 4.69) is 10.5 Å². The average Bonchev–Trinajstić information content (AvgIpc) is 2.49. The topological polar surface area (TPSA) is 59.6 Å². The summed E-state index contributed by atoms with van der Waals surface area (Å²) >= 11 is 5.61. The number of hydrogen-bond donors (Lipinski definition) is 2. The quantitative estimate of drug-likeness (QED) is 0.407. The molecule has 0 fully saturated rings. The van der Waals surface area contributed by atoms with Crippen LogP contribution in [-0.2, 0) is 20.6 Å². The maximum absolute atomic E-state index is 11.6. The minimum Gasteiger partial charge on any atom is -0.468 e. The number of nitrogens with one attached hydrogen (secondary N) is 2. The molecule has 1 aromatic rings. The molecule has 0 heterocycles. The summed E-state index contributed by atoms with van der Waals surface area (Å²) in [6.45, 7) is 0.718. The molecule has 0 aliphatic rings. The van der Waals surface area contributed by atoms with Crippen molar-refractivity contribution in [1.82, 2.24) is 5.23 Å². The second kappa shape index (κ2) is 9.63. The molecule has 0 saturated heterocycles. The molecule has 1 atom stereocenters. The number of anilines is 1. The van der Waals surface area contributed by atoms with Gasteiger partial charge in [0.1, 0.15) is 6.04 Å². The van der Waals surface area contributed by atoms with Gasteiger partial charge in [0, 0.05) is 25.2 Å². The van der Waals surface area contributed by atoms with Gasteiger partial charge in [0.05, 0.1) is 7.11 Å². The summed E-state index contributed by atoms with van der Waals surface area (Å²) in [4.78, 5) is 11.6. The highest BCUT2D eigenvalue weighted by molar-refractivity contribution is 6.24. The normalized spacial score (nSPS) is 11.8. The molecular formula is C13H19BClN2O3. The minimum atomic E-state index is -0.471. The van der Waals surface area contributed by atoms with Crippen LogP contribution >= 0.6 is 11.6 Å². The van der Waals surface area contributed by atoms with E-state index in [-0.39, 0.29) is 5.97 Å². The number of carbonyl (C=O) groups is 1. The van der Waals surface area contributed by atoms with Gasteiger partial charge in [-0.15, -0.1) is 11.6 Å². The molecule has 5 nitrogen and oxygen atoms in total. The maximum Gasteiger partial charge on any atom is 0.396 e. The zero-order valence-corrected chi connectivity index (χ0v) is 12.4. The highest BCUT2D eigenvalue weighted by Gasteiger charge is 2.19. The van der Waals surface area contributed by atoms with E-state index < -0.39 is 6.04 Å². The van der Waals surface area contributed by atoms with E-state index in [1.807, 2.05) is 24.3 Å². The number of hydrogen-bond acceptors (Lipinski definition) is 5. The number of alkyl halides is 1. The Bertz CT molecular complexity index is 403. The fourth-order valence-corrected chi connectivity index (χ4v) is 1.78. The van der Waals surface area contributed by atoms with Crippen molar-refractivity contribution in [3.8, 4) is 0 Å². The van der Waals surface area contributed by atoms with Crippen molar-refractivity contribution in [2.24, 2.45) is 0 Å². The Morgan fingerprint density at radius 2 is 2.05 bits per heavy atom. The Hall–Kier alpha value is -1.24. The molecule has 0 bridgehead atoms. The van der Waals surface area contributed by atoms with Gasteiger partial charge < -0.3 is 19.9 Å². The third-order valence-electron chi connectivity index (χ3n) is 2.69. The summed E-state index contributed by atoms with van der Waals surface area (Å²) in [5.74, 6) is 0.228. The van der Waals surface area contributed by atoms with Crippen LogP contribution in [0.2, 0.25) is 0 Å². The molecule has 0 saturated carbocycles. The van der Waals surface area contributed by atoms with Crippen molar-refractivity contribution in [2.45, 2.75) is 12.5 Å². The van der Waals surface area contributed by atoms with E-state index in [0.29, 0.717) is 12.3 Å². The second-order valence-corrected chi connectivity index (χ2v) is 4.49. The number of esters is 1. The first-order valence-corrected chi connectivity index (χ1v) is 6.81. The summed E-state index contributed by atoms with van der Waals surface area (Å²) in [5, 5.41) is 6.04. The maximum atomic E-state index is 11.6. The van der Waals surface area contributed by atoms with Gasteiger partial charge >= 0.3 is 13.6 Å². The lowest BCUT2D eigenvalue weighted by atomic mass is 10.0. The zero-order valence-electron chi connectivity index (χ0n) is 11.7. The number of methoxy groups -OCH3 is 1. The number of rotatable bonds is 9. The van der Waals surface area contributed by atoms with Crippen LogP contribution in [0.4, 0.5) is 5.69 Å². The lowest BCUT2D eigenvalue weighted by Crippen LogP contribution is -2.42. The van der Waals surface area contributed by atoms with Crippen LogP contribution in [0, 0.1) is 0 Å². The largest absolute Gasteiger partial charge is 0.468 e. The first kappa shape index (κ1) is 16.8. The average molecular weight is 298 g/mol. The van der Waals surface area contributed by atoms with Crippen LogP contribution in [0.15, 0.2) is 24.3 Å². The van der Waals surface area contributed by atoms with Crippen molar-refractivity contribution in [3.05, 3.63) is 29.8 Å². The molecule has 0 aliphatic carbocycles. The molecule has 1 rings (SSSR count). The van der Waals surface area contributed by atoms with Gasteiger partial charge in [-0.2, -0.15) is 0 Å². The van der Waals surface area contributed by atoms with Crippen molar-refractivity contribution < 1.29 is 14.2 Å². The van der Waals surface area contributed by atoms with Crippen LogP contribution in [0.25, 0.3) is 0 Å². The van der Waals surface area contributed by atoms with Gasteiger partial charge in [-0.3, -0.25) is 4.79 Å². The monoisotopic (exact) mass is 297 g/mol. The lowest BCUT2D eigenvalue weighted by molar-refractivity contribution is -0.142. The number of benzene rings is 1. The van der Waals surface area contributed by atoms with Gasteiger partial charge in [-0.25, -0.2) is 0 Å². The van der Waals surface area contributed by atoms with Crippen LogP contribution in [0.5, 0.6) is 0 Å². The molecule has 1 aromatic carbocycles. The fourth-order valence-electron chi connectivity index (χ4n) is 1.69. The molecule has 1 radical (unpaired) electrons.